The van der Waals surface area contributed by atoms with Gasteiger partial charge in [-0.1, -0.05) is 6.07 Å². The number of morpholine rings is 1. The quantitative estimate of drug-likeness (QED) is 0.558. The Balaban J connectivity index is 1.71. The van der Waals surface area contributed by atoms with Crippen LogP contribution in [-0.4, -0.2) is 66.4 Å². The molecule has 1 saturated heterocycles. The number of amides is 1. The second-order valence-corrected chi connectivity index (χ2v) is 10.3. The van der Waals surface area contributed by atoms with E-state index in [4.69, 9.17) is 9.47 Å². The Labute approximate surface area is 207 Å². The van der Waals surface area contributed by atoms with Crippen LogP contribution in [0, 0.1) is 0 Å². The molecule has 2 aliphatic heterocycles. The van der Waals surface area contributed by atoms with E-state index in [0.717, 1.165) is 59.9 Å². The average Bonchev–Trinajstić information content (AvgIpc) is 3.27. The number of hydrogen-bond donors (Lipinski definition) is 0. The largest absolute Gasteiger partial charge is 0.495 e. The third-order valence-corrected chi connectivity index (χ3v) is 7.22. The molecule has 1 amide bonds. The normalized spacial score (nSPS) is 15.4. The summed E-state index contributed by atoms with van der Waals surface area (Å²) in [6, 6.07) is 10.5. The number of benzene rings is 1. The van der Waals surface area contributed by atoms with Gasteiger partial charge in [0.05, 0.1) is 31.7 Å². The number of aromatic nitrogens is 2. The lowest BCUT2D eigenvalue weighted by atomic mass is 9.93. The van der Waals surface area contributed by atoms with Crippen molar-refractivity contribution in [3.05, 3.63) is 54.0 Å². The van der Waals surface area contributed by atoms with Gasteiger partial charge >= 0.3 is 0 Å². The van der Waals surface area contributed by atoms with Crippen molar-refractivity contribution in [2.24, 2.45) is 0 Å². The maximum Gasteiger partial charge on any atom is 0.270 e. The van der Waals surface area contributed by atoms with Crippen molar-refractivity contribution in [1.82, 2.24) is 14.5 Å². The van der Waals surface area contributed by atoms with Crippen molar-refractivity contribution >= 4 is 11.6 Å². The Hall–Kier alpha value is -3.32. The molecule has 184 valence electrons. The Morgan fingerprint density at radius 3 is 2.54 bits per heavy atom. The minimum absolute atomic E-state index is 0.0271. The Morgan fingerprint density at radius 1 is 1.11 bits per heavy atom. The fourth-order valence-corrected chi connectivity index (χ4v) is 4.95. The molecule has 2 aliphatic rings. The first-order chi connectivity index (χ1) is 16.8. The third-order valence-electron chi connectivity index (χ3n) is 7.22. The highest BCUT2D eigenvalue weighted by Gasteiger charge is 2.32. The predicted octanol–water partition coefficient (Wildman–Crippen LogP) is 4.49. The van der Waals surface area contributed by atoms with Crippen LogP contribution in [0.15, 0.2) is 42.7 Å². The van der Waals surface area contributed by atoms with Crippen LogP contribution >= 0.6 is 0 Å². The van der Waals surface area contributed by atoms with Crippen molar-refractivity contribution < 1.29 is 14.3 Å². The monoisotopic (exact) mass is 474 g/mol. The van der Waals surface area contributed by atoms with Gasteiger partial charge in [-0.05, 0) is 57.0 Å². The van der Waals surface area contributed by atoms with E-state index in [2.05, 4.69) is 53.4 Å². The number of methoxy groups -OCH3 is 1. The van der Waals surface area contributed by atoms with Crippen molar-refractivity contribution in [2.45, 2.75) is 39.3 Å². The Bertz CT molecular complexity index is 1240. The van der Waals surface area contributed by atoms with Crippen LogP contribution in [-0.2, 0) is 17.7 Å². The minimum atomic E-state index is -0.278. The molecule has 1 aromatic carbocycles. The van der Waals surface area contributed by atoms with Gasteiger partial charge in [-0.3, -0.25) is 9.78 Å². The van der Waals surface area contributed by atoms with Crippen LogP contribution in [0.3, 0.4) is 0 Å². The summed E-state index contributed by atoms with van der Waals surface area (Å²) in [7, 11) is 3.61. The van der Waals surface area contributed by atoms with E-state index in [1.807, 2.05) is 30.3 Å². The molecule has 0 spiro atoms. The molecule has 0 saturated carbocycles. The van der Waals surface area contributed by atoms with Crippen LogP contribution < -0.4 is 9.64 Å². The Kier molecular flexibility index (Phi) is 6.05. The summed E-state index contributed by atoms with van der Waals surface area (Å²) in [5.41, 5.74) is 6.99. The van der Waals surface area contributed by atoms with Gasteiger partial charge in [-0.25, -0.2) is 0 Å². The molecule has 0 atom stereocenters. The summed E-state index contributed by atoms with van der Waals surface area (Å²) < 4.78 is 13.6. The van der Waals surface area contributed by atoms with Gasteiger partial charge in [0.1, 0.15) is 11.4 Å². The van der Waals surface area contributed by atoms with Gasteiger partial charge in [-0.15, -0.1) is 0 Å². The van der Waals surface area contributed by atoms with Crippen LogP contribution in [0.25, 0.3) is 22.4 Å². The van der Waals surface area contributed by atoms with Crippen molar-refractivity contribution in [1.29, 1.82) is 0 Å². The second kappa shape index (κ2) is 9.04. The molecule has 0 bridgehead atoms. The van der Waals surface area contributed by atoms with E-state index >= 15 is 0 Å². The molecule has 35 heavy (non-hydrogen) atoms. The number of hydrogen-bond acceptors (Lipinski definition) is 5. The van der Waals surface area contributed by atoms with E-state index in [1.165, 1.54) is 5.56 Å². The number of anilines is 1. The number of pyridine rings is 1. The molecule has 0 unspecified atom stereocenters. The van der Waals surface area contributed by atoms with E-state index in [9.17, 15) is 4.79 Å². The average molecular weight is 475 g/mol. The van der Waals surface area contributed by atoms with Gasteiger partial charge in [0.2, 0.25) is 0 Å². The lowest BCUT2D eigenvalue weighted by Gasteiger charge is -2.33. The second-order valence-electron chi connectivity index (χ2n) is 10.3. The molecule has 5 rings (SSSR count). The summed E-state index contributed by atoms with van der Waals surface area (Å²) in [5.74, 6) is 0.914. The van der Waals surface area contributed by atoms with Crippen LogP contribution in [0.1, 0.15) is 36.8 Å². The maximum absolute atomic E-state index is 13.7. The first-order valence-corrected chi connectivity index (χ1v) is 12.3. The topological polar surface area (TPSA) is 59.8 Å². The van der Waals surface area contributed by atoms with Crippen molar-refractivity contribution in [3.63, 3.8) is 0 Å². The molecule has 2 aromatic heterocycles. The predicted molar refractivity (Wildman–Crippen MR) is 138 cm³/mol. The summed E-state index contributed by atoms with van der Waals surface area (Å²) in [4.78, 5) is 22.2. The van der Waals surface area contributed by atoms with E-state index < -0.39 is 0 Å². The van der Waals surface area contributed by atoms with Crippen molar-refractivity contribution in [3.8, 4) is 28.1 Å². The molecule has 0 N–H and O–H groups in total. The maximum atomic E-state index is 13.7. The number of carbonyl (C=O) groups is 1. The van der Waals surface area contributed by atoms with Crippen LogP contribution in [0.5, 0.6) is 5.75 Å². The fraction of sp³-hybridized carbons (Fsp3) is 0.429. The highest BCUT2D eigenvalue weighted by Crippen LogP contribution is 2.44. The molecule has 0 radical (unpaired) electrons. The molecule has 7 heteroatoms. The highest BCUT2D eigenvalue weighted by atomic mass is 16.5. The Morgan fingerprint density at radius 2 is 1.89 bits per heavy atom. The summed E-state index contributed by atoms with van der Waals surface area (Å²) >= 11 is 0. The molecule has 3 aromatic rings. The van der Waals surface area contributed by atoms with Gasteiger partial charge < -0.3 is 23.8 Å². The molecule has 4 heterocycles. The molecule has 1 fully saturated rings. The van der Waals surface area contributed by atoms with Crippen LogP contribution in [0.2, 0.25) is 0 Å². The fourth-order valence-electron chi connectivity index (χ4n) is 4.95. The lowest BCUT2D eigenvalue weighted by Crippen LogP contribution is -2.43. The number of nitrogens with zero attached hydrogens (tertiary/aromatic N) is 4. The zero-order valence-electron chi connectivity index (χ0n) is 21.3. The number of aryl methyl sites for hydroxylation is 1. The van der Waals surface area contributed by atoms with Crippen molar-refractivity contribution in [2.75, 3.05) is 45.4 Å². The van der Waals surface area contributed by atoms with E-state index in [-0.39, 0.29) is 11.4 Å². The number of fused-ring (bicyclic) bond motifs is 3. The summed E-state index contributed by atoms with van der Waals surface area (Å²) in [5, 5.41) is 0. The molecular formula is C28H34N4O3. The molecule has 7 nitrogen and oxygen atoms in total. The lowest BCUT2D eigenvalue weighted by molar-refractivity contribution is 0.0644. The molecule has 0 aliphatic carbocycles. The highest BCUT2D eigenvalue weighted by molar-refractivity contribution is 5.99. The number of rotatable bonds is 4. The first kappa shape index (κ1) is 23.4. The van der Waals surface area contributed by atoms with E-state index in [1.54, 1.807) is 13.3 Å². The summed E-state index contributed by atoms with van der Waals surface area (Å²) in [6.45, 7) is 9.97. The zero-order chi connectivity index (χ0) is 24.7. The number of carbonyl (C=O) groups excluding carboxylic acids is 1. The van der Waals surface area contributed by atoms with E-state index in [0.29, 0.717) is 18.9 Å². The first-order valence-electron chi connectivity index (χ1n) is 12.3. The zero-order valence-corrected chi connectivity index (χ0v) is 21.3. The molecular weight excluding hydrogens is 440 g/mol. The standard InChI is InChI=1S/C28H34N4O3/c1-28(2,3)30(4)27(33)24-17-22(20-7-6-9-29-18-20)26-21-16-23(31-11-13-35-14-12-31)25(34-5)15-19(21)8-10-32(24)26/h6-7,9,15-18H,8,10-14H2,1-5H3. The SMILES string of the molecule is COc1cc2c(cc1N1CCOCC1)-c1c(-c3cccnc3)cc(C(=O)N(C)C(C)(C)C)n1CC2. The number of ether oxygens (including phenoxy) is 2. The third kappa shape index (κ3) is 4.18. The minimum Gasteiger partial charge on any atom is -0.495 e. The van der Waals surface area contributed by atoms with Gasteiger partial charge in [0.25, 0.3) is 5.91 Å². The smallest absolute Gasteiger partial charge is 0.270 e. The van der Waals surface area contributed by atoms with Gasteiger partial charge in [-0.2, -0.15) is 0 Å². The van der Waals surface area contributed by atoms with Gasteiger partial charge in [0.15, 0.2) is 0 Å². The van der Waals surface area contributed by atoms with Crippen LogP contribution in [0.4, 0.5) is 5.69 Å². The van der Waals surface area contributed by atoms with Gasteiger partial charge in [0, 0.05) is 61.3 Å². The summed E-state index contributed by atoms with van der Waals surface area (Å²) in [6.07, 6.45) is 4.49.